The van der Waals surface area contributed by atoms with Crippen LogP contribution >= 0.6 is 11.8 Å². The largest absolute Gasteiger partial charge is 0.289 e. The van der Waals surface area contributed by atoms with Crippen molar-refractivity contribution >= 4 is 29.0 Å². The summed E-state index contributed by atoms with van der Waals surface area (Å²) in [7, 11) is 0. The van der Waals surface area contributed by atoms with E-state index in [1.165, 1.54) is 12.1 Å². The number of nitro benzene ring substituents is 1. The summed E-state index contributed by atoms with van der Waals surface area (Å²) in [6.45, 7) is 1.63. The smallest absolute Gasteiger partial charge is 0.269 e. The van der Waals surface area contributed by atoms with Gasteiger partial charge in [0, 0.05) is 33.7 Å². The highest BCUT2D eigenvalue weighted by Gasteiger charge is 2.30. The van der Waals surface area contributed by atoms with Crippen LogP contribution in [0.15, 0.2) is 63.9 Å². The van der Waals surface area contributed by atoms with E-state index < -0.39 is 4.92 Å². The number of thioether (sulfide) groups is 1. The molecule has 0 N–H and O–H groups in total. The van der Waals surface area contributed by atoms with Gasteiger partial charge in [0.15, 0.2) is 5.78 Å². The number of nitrogens with zero attached hydrogens (tertiary/aromatic N) is 1. The molecule has 2 aromatic carbocycles. The second-order valence-corrected chi connectivity index (χ2v) is 6.09. The van der Waals surface area contributed by atoms with Gasteiger partial charge in [-0.15, -0.1) is 0 Å². The van der Waals surface area contributed by atoms with Crippen LogP contribution in [-0.2, 0) is 0 Å². The number of hydrogen-bond donors (Lipinski definition) is 0. The monoisotopic (exact) mass is 325 g/mol. The third kappa shape index (κ3) is 2.68. The first kappa shape index (κ1) is 15.2. The molecule has 5 nitrogen and oxygen atoms in total. The molecule has 0 aromatic heterocycles. The van der Waals surface area contributed by atoms with E-state index in [2.05, 4.69) is 0 Å². The Morgan fingerprint density at radius 2 is 1.48 bits per heavy atom. The predicted octanol–water partition coefficient (Wildman–Crippen LogP) is 4.04. The molecule has 23 heavy (non-hydrogen) atoms. The number of nitro groups is 1. The van der Waals surface area contributed by atoms with Crippen LogP contribution in [-0.4, -0.2) is 16.5 Å². The molecule has 0 radical (unpaired) electrons. The van der Waals surface area contributed by atoms with E-state index >= 15 is 0 Å². The van der Waals surface area contributed by atoms with Crippen LogP contribution in [0.1, 0.15) is 27.6 Å². The Morgan fingerprint density at radius 3 is 2.04 bits per heavy atom. The number of rotatable bonds is 3. The highest BCUT2D eigenvalue weighted by atomic mass is 32.2. The molecule has 0 heterocycles. The lowest BCUT2D eigenvalue weighted by Gasteiger charge is -2.18. The van der Waals surface area contributed by atoms with Crippen LogP contribution in [0.5, 0.6) is 0 Å². The summed E-state index contributed by atoms with van der Waals surface area (Å²) in [5, 5.41) is 10.7. The quantitative estimate of drug-likeness (QED) is 0.628. The first-order chi connectivity index (χ1) is 11.0. The third-order valence-electron chi connectivity index (χ3n) is 3.57. The number of allylic oxidation sites excluding steroid dienone is 2. The number of non-ortho nitro benzene ring substituents is 1. The van der Waals surface area contributed by atoms with Gasteiger partial charge in [0.1, 0.15) is 0 Å². The zero-order chi connectivity index (χ0) is 16.6. The fourth-order valence-corrected chi connectivity index (χ4v) is 3.31. The molecule has 0 atom stereocenters. The second-order valence-electron chi connectivity index (χ2n) is 5.01. The van der Waals surface area contributed by atoms with E-state index in [9.17, 15) is 19.7 Å². The summed E-state index contributed by atoms with van der Waals surface area (Å²) >= 11 is 1.16. The molecule has 0 unspecified atom stereocenters. The van der Waals surface area contributed by atoms with Gasteiger partial charge in [0.2, 0.25) is 5.78 Å². The van der Waals surface area contributed by atoms with Crippen molar-refractivity contribution in [3.05, 3.63) is 80.3 Å². The molecule has 0 fully saturated rings. The summed E-state index contributed by atoms with van der Waals surface area (Å²) in [5.41, 5.74) is 1.20. The fraction of sp³-hybridized carbons (Fsp3) is 0.0588. The van der Waals surface area contributed by atoms with Crippen molar-refractivity contribution in [2.24, 2.45) is 0 Å². The van der Waals surface area contributed by atoms with Crippen LogP contribution < -0.4 is 0 Å². The van der Waals surface area contributed by atoms with Crippen molar-refractivity contribution in [1.29, 1.82) is 0 Å². The highest BCUT2D eigenvalue weighted by Crippen LogP contribution is 2.37. The number of benzene rings is 2. The van der Waals surface area contributed by atoms with Gasteiger partial charge in [-0.25, -0.2) is 0 Å². The summed E-state index contributed by atoms with van der Waals surface area (Å²) < 4.78 is 0. The molecule has 0 spiro atoms. The lowest BCUT2D eigenvalue weighted by molar-refractivity contribution is -0.384. The number of carbonyl (C=O) groups excluding carboxylic acids is 2. The maximum Gasteiger partial charge on any atom is 0.269 e. The van der Waals surface area contributed by atoms with E-state index in [1.54, 1.807) is 43.3 Å². The van der Waals surface area contributed by atoms with Gasteiger partial charge in [-0.05, 0) is 19.1 Å². The van der Waals surface area contributed by atoms with Gasteiger partial charge in [0.25, 0.3) is 5.69 Å². The van der Waals surface area contributed by atoms with Gasteiger partial charge in [-0.1, -0.05) is 36.0 Å². The normalized spacial score (nSPS) is 14.0. The van der Waals surface area contributed by atoms with E-state index in [-0.39, 0.29) is 17.3 Å². The molecule has 0 bridgehead atoms. The van der Waals surface area contributed by atoms with Gasteiger partial charge in [-0.2, -0.15) is 0 Å². The number of Topliss-reactive ketones (excluding diaryl/α,β-unsaturated/α-hetero) is 2. The highest BCUT2D eigenvalue weighted by molar-refractivity contribution is 8.04. The number of ketones is 2. The minimum absolute atomic E-state index is 0.0172. The van der Waals surface area contributed by atoms with Gasteiger partial charge >= 0.3 is 0 Å². The van der Waals surface area contributed by atoms with Gasteiger partial charge in [-0.3, -0.25) is 19.7 Å². The molecule has 2 aromatic rings. The zero-order valence-electron chi connectivity index (χ0n) is 12.1. The average molecular weight is 325 g/mol. The first-order valence-corrected chi connectivity index (χ1v) is 7.62. The minimum atomic E-state index is -0.482. The molecule has 6 heteroatoms. The molecule has 0 aliphatic heterocycles. The zero-order valence-corrected chi connectivity index (χ0v) is 12.9. The Hall–Kier alpha value is -2.73. The van der Waals surface area contributed by atoms with Crippen LogP contribution in [0.3, 0.4) is 0 Å². The lowest BCUT2D eigenvalue weighted by Crippen LogP contribution is -2.19. The van der Waals surface area contributed by atoms with Crippen molar-refractivity contribution in [3.8, 4) is 0 Å². The number of fused-ring (bicyclic) bond motifs is 1. The molecule has 3 rings (SSSR count). The third-order valence-corrected chi connectivity index (χ3v) is 4.77. The Labute approximate surface area is 136 Å². The Kier molecular flexibility index (Phi) is 3.83. The van der Waals surface area contributed by atoms with Crippen molar-refractivity contribution in [1.82, 2.24) is 0 Å². The topological polar surface area (TPSA) is 77.3 Å². The second kappa shape index (κ2) is 5.81. The molecule has 0 amide bonds. The average Bonchev–Trinajstić information content (AvgIpc) is 2.57. The summed E-state index contributed by atoms with van der Waals surface area (Å²) in [6, 6.07) is 12.6. The number of hydrogen-bond acceptors (Lipinski definition) is 5. The maximum atomic E-state index is 12.6. The molecular weight excluding hydrogens is 314 g/mol. The van der Waals surface area contributed by atoms with Crippen LogP contribution in [0.25, 0.3) is 0 Å². The van der Waals surface area contributed by atoms with Crippen LogP contribution in [0.2, 0.25) is 0 Å². The van der Waals surface area contributed by atoms with Crippen molar-refractivity contribution in [2.75, 3.05) is 0 Å². The fourth-order valence-electron chi connectivity index (χ4n) is 2.35. The molecule has 0 saturated carbocycles. The van der Waals surface area contributed by atoms with Crippen LogP contribution in [0, 0.1) is 10.1 Å². The van der Waals surface area contributed by atoms with Crippen molar-refractivity contribution < 1.29 is 14.5 Å². The maximum absolute atomic E-state index is 12.6. The van der Waals surface area contributed by atoms with Gasteiger partial charge in [0.05, 0.1) is 9.83 Å². The molecule has 1 aliphatic rings. The Morgan fingerprint density at radius 1 is 0.913 bits per heavy atom. The lowest BCUT2D eigenvalue weighted by atomic mass is 9.90. The molecule has 0 saturated heterocycles. The van der Waals surface area contributed by atoms with Gasteiger partial charge < -0.3 is 0 Å². The van der Waals surface area contributed by atoms with Crippen molar-refractivity contribution in [3.63, 3.8) is 0 Å². The van der Waals surface area contributed by atoms with E-state index in [4.69, 9.17) is 0 Å². The number of carbonyl (C=O) groups is 2. The van der Waals surface area contributed by atoms with E-state index in [0.29, 0.717) is 26.5 Å². The standard InChI is InChI=1S/C17H11NO4S/c1-10-15(19)13-4-2-3-5-14(13)16(20)17(10)23-12-8-6-11(7-9-12)18(21)22/h2-9H,1H3. The SMILES string of the molecule is CC1=C(Sc2ccc([N+](=O)[O-])cc2)C(=O)c2ccccc2C1=O. The summed E-state index contributed by atoms with van der Waals surface area (Å²) in [5.74, 6) is -0.356. The molecule has 1 aliphatic carbocycles. The Balaban J connectivity index is 1.96. The molecule has 114 valence electrons. The minimum Gasteiger partial charge on any atom is -0.289 e. The summed E-state index contributed by atoms with van der Waals surface area (Å²) in [4.78, 5) is 36.2. The predicted molar refractivity (Wildman–Crippen MR) is 86.8 cm³/mol. The molecular formula is C17H11NO4S. The van der Waals surface area contributed by atoms with Crippen molar-refractivity contribution in [2.45, 2.75) is 11.8 Å². The van der Waals surface area contributed by atoms with E-state index in [0.717, 1.165) is 11.8 Å². The first-order valence-electron chi connectivity index (χ1n) is 6.80. The summed E-state index contributed by atoms with van der Waals surface area (Å²) in [6.07, 6.45) is 0. The van der Waals surface area contributed by atoms with Crippen LogP contribution in [0.4, 0.5) is 5.69 Å². The Bertz CT molecular complexity index is 868. The van der Waals surface area contributed by atoms with E-state index in [1.807, 2.05) is 0 Å².